The molecular formula is C25H19FN2O4S. The molecule has 0 heterocycles. The van der Waals surface area contributed by atoms with Crippen molar-refractivity contribution in [2.45, 2.75) is 0 Å². The van der Waals surface area contributed by atoms with Gasteiger partial charge in [0.15, 0.2) is 0 Å². The summed E-state index contributed by atoms with van der Waals surface area (Å²) in [6.07, 6.45) is 0. The molecule has 1 amide bonds. The van der Waals surface area contributed by atoms with Crippen molar-refractivity contribution < 1.29 is 22.7 Å². The molecule has 0 atom stereocenters. The Morgan fingerprint density at radius 3 is 2.09 bits per heavy atom. The van der Waals surface area contributed by atoms with E-state index in [1.807, 2.05) is 42.5 Å². The summed E-state index contributed by atoms with van der Waals surface area (Å²) in [4.78, 5) is 12.7. The first-order valence-electron chi connectivity index (χ1n) is 9.92. The quantitative estimate of drug-likeness (QED) is 0.274. The largest absolute Gasteiger partial charge is 0.506 e. The van der Waals surface area contributed by atoms with Crippen LogP contribution < -0.4 is 9.62 Å². The average molecular weight is 463 g/mol. The third-order valence-electron chi connectivity index (χ3n) is 4.95. The van der Waals surface area contributed by atoms with Gasteiger partial charge in [-0.15, -0.1) is 0 Å². The van der Waals surface area contributed by atoms with E-state index in [4.69, 9.17) is 0 Å². The molecule has 2 N–H and O–H groups in total. The smallest absolute Gasteiger partial charge is 0.255 e. The highest BCUT2D eigenvalue weighted by atomic mass is 32.2. The minimum atomic E-state index is -3.21. The Bertz CT molecular complexity index is 1350. The molecule has 166 valence electrons. The maximum atomic E-state index is 13.3. The monoisotopic (exact) mass is 462 g/mol. The molecule has 4 aromatic rings. The van der Waals surface area contributed by atoms with Gasteiger partial charge in [-0.2, -0.15) is 0 Å². The van der Waals surface area contributed by atoms with Crippen molar-refractivity contribution in [1.82, 2.24) is 0 Å². The summed E-state index contributed by atoms with van der Waals surface area (Å²) in [6, 6.07) is 25.7. The van der Waals surface area contributed by atoms with E-state index < -0.39 is 22.6 Å². The molecule has 0 radical (unpaired) electrons. The standard InChI is InChI=1S/C25H19FN2O4S/c26-20-10-13-22(14-11-20)28(33(31)32)23-16-21(12-15-24(23)29)27-25(30)19-8-6-18(7-9-19)17-4-2-1-3-5-17/h1-16,29,33H,(H,27,30). The third kappa shape index (κ3) is 5.02. The normalized spacial score (nSPS) is 10.7. The van der Waals surface area contributed by atoms with Gasteiger partial charge in [0.1, 0.15) is 17.3 Å². The van der Waals surface area contributed by atoms with Crippen molar-refractivity contribution in [3.63, 3.8) is 0 Å². The molecule has 0 saturated carbocycles. The van der Waals surface area contributed by atoms with Gasteiger partial charge in [0.05, 0.1) is 5.69 Å². The van der Waals surface area contributed by atoms with Gasteiger partial charge < -0.3 is 10.4 Å². The molecule has 0 saturated heterocycles. The Labute approximate surface area is 191 Å². The molecular weight excluding hydrogens is 443 g/mol. The summed E-state index contributed by atoms with van der Waals surface area (Å²) >= 11 is 0. The van der Waals surface area contributed by atoms with E-state index in [1.54, 1.807) is 12.1 Å². The molecule has 0 spiro atoms. The maximum absolute atomic E-state index is 13.3. The second kappa shape index (κ2) is 9.54. The maximum Gasteiger partial charge on any atom is 0.255 e. The fourth-order valence-electron chi connectivity index (χ4n) is 3.32. The fourth-order valence-corrected chi connectivity index (χ4v) is 3.98. The first-order valence-corrected chi connectivity index (χ1v) is 11.1. The van der Waals surface area contributed by atoms with Gasteiger partial charge in [0.2, 0.25) is 10.9 Å². The zero-order chi connectivity index (χ0) is 23.4. The molecule has 4 rings (SSSR count). The van der Waals surface area contributed by atoms with Gasteiger partial charge in [-0.05, 0) is 65.7 Å². The molecule has 6 nitrogen and oxygen atoms in total. The van der Waals surface area contributed by atoms with E-state index >= 15 is 0 Å². The Kier molecular flexibility index (Phi) is 6.37. The molecule has 33 heavy (non-hydrogen) atoms. The summed E-state index contributed by atoms with van der Waals surface area (Å²) in [5.41, 5.74) is 2.75. The summed E-state index contributed by atoms with van der Waals surface area (Å²) in [7, 11) is -3.21. The van der Waals surface area contributed by atoms with Crippen LogP contribution in [0.3, 0.4) is 0 Å². The van der Waals surface area contributed by atoms with E-state index in [0.717, 1.165) is 27.6 Å². The number of benzene rings is 4. The minimum Gasteiger partial charge on any atom is -0.506 e. The van der Waals surface area contributed by atoms with E-state index in [1.165, 1.54) is 30.3 Å². The van der Waals surface area contributed by atoms with Gasteiger partial charge in [-0.1, -0.05) is 42.5 Å². The Morgan fingerprint density at radius 2 is 1.45 bits per heavy atom. The van der Waals surface area contributed by atoms with Crippen LogP contribution in [0, 0.1) is 5.82 Å². The van der Waals surface area contributed by atoms with Crippen molar-refractivity contribution in [3.8, 4) is 16.9 Å². The zero-order valence-electron chi connectivity index (χ0n) is 17.2. The number of thiol groups is 1. The number of amides is 1. The molecule has 4 aromatic carbocycles. The van der Waals surface area contributed by atoms with Gasteiger partial charge in [0.25, 0.3) is 5.91 Å². The summed E-state index contributed by atoms with van der Waals surface area (Å²) < 4.78 is 37.9. The molecule has 0 aliphatic rings. The zero-order valence-corrected chi connectivity index (χ0v) is 18.1. The Balaban J connectivity index is 1.58. The van der Waals surface area contributed by atoms with E-state index in [-0.39, 0.29) is 22.8 Å². The van der Waals surface area contributed by atoms with Crippen LogP contribution in [0.4, 0.5) is 21.5 Å². The number of rotatable bonds is 6. The van der Waals surface area contributed by atoms with Crippen molar-refractivity contribution in [2.24, 2.45) is 0 Å². The lowest BCUT2D eigenvalue weighted by Gasteiger charge is -2.20. The van der Waals surface area contributed by atoms with Crippen LogP contribution in [0.5, 0.6) is 5.75 Å². The molecule has 0 aromatic heterocycles. The molecule has 0 bridgehead atoms. The number of carbonyl (C=O) groups excluding carboxylic acids is 1. The van der Waals surface area contributed by atoms with Crippen LogP contribution in [0.25, 0.3) is 11.1 Å². The predicted octanol–water partition coefficient (Wildman–Crippen LogP) is 5.12. The average Bonchev–Trinajstić information content (AvgIpc) is 2.83. The number of phenolic OH excluding ortho intramolecular Hbond substituents is 1. The van der Waals surface area contributed by atoms with Crippen LogP contribution in [-0.4, -0.2) is 19.4 Å². The number of phenols is 1. The second-order valence-corrected chi connectivity index (χ2v) is 8.00. The van der Waals surface area contributed by atoms with Crippen LogP contribution in [-0.2, 0) is 10.9 Å². The van der Waals surface area contributed by atoms with Gasteiger partial charge in [-0.3, -0.25) is 4.79 Å². The number of hydrogen-bond donors (Lipinski definition) is 3. The second-order valence-electron chi connectivity index (χ2n) is 7.13. The number of halogens is 1. The minimum absolute atomic E-state index is 0.0741. The van der Waals surface area contributed by atoms with Crippen LogP contribution >= 0.6 is 0 Å². The topological polar surface area (TPSA) is 86.7 Å². The van der Waals surface area contributed by atoms with E-state index in [0.29, 0.717) is 5.56 Å². The number of nitrogens with zero attached hydrogens (tertiary/aromatic N) is 1. The predicted molar refractivity (Wildman–Crippen MR) is 127 cm³/mol. The highest BCUT2D eigenvalue weighted by Crippen LogP contribution is 2.35. The number of nitrogens with one attached hydrogen (secondary N) is 1. The summed E-state index contributed by atoms with van der Waals surface area (Å²) in [6.45, 7) is 0. The lowest BCUT2D eigenvalue weighted by atomic mass is 10.0. The Hall–Kier alpha value is -4.17. The highest BCUT2D eigenvalue weighted by molar-refractivity contribution is 7.74. The van der Waals surface area contributed by atoms with E-state index in [9.17, 15) is 22.7 Å². The molecule has 0 unspecified atom stereocenters. The fraction of sp³-hybridized carbons (Fsp3) is 0. The molecule has 0 aliphatic heterocycles. The summed E-state index contributed by atoms with van der Waals surface area (Å²) in [5.74, 6) is -1.24. The first-order chi connectivity index (χ1) is 15.9. The van der Waals surface area contributed by atoms with Crippen molar-refractivity contribution in [1.29, 1.82) is 0 Å². The van der Waals surface area contributed by atoms with Gasteiger partial charge in [-0.25, -0.2) is 17.1 Å². The molecule has 8 heteroatoms. The van der Waals surface area contributed by atoms with Crippen LogP contribution in [0.1, 0.15) is 10.4 Å². The van der Waals surface area contributed by atoms with Crippen molar-refractivity contribution in [2.75, 3.05) is 9.62 Å². The van der Waals surface area contributed by atoms with Crippen LogP contribution in [0.2, 0.25) is 0 Å². The SMILES string of the molecule is O=C(Nc1ccc(O)c(N(c2ccc(F)cc2)[SH](=O)=O)c1)c1ccc(-c2ccccc2)cc1. The van der Waals surface area contributed by atoms with Gasteiger partial charge in [0, 0.05) is 11.3 Å². The number of hydrogen-bond acceptors (Lipinski definition) is 4. The number of anilines is 3. The highest BCUT2D eigenvalue weighted by Gasteiger charge is 2.17. The number of carbonyl (C=O) groups is 1. The first kappa shape index (κ1) is 22.0. The van der Waals surface area contributed by atoms with E-state index in [2.05, 4.69) is 5.32 Å². The van der Waals surface area contributed by atoms with Crippen molar-refractivity contribution >= 4 is 33.9 Å². The molecule has 0 aliphatic carbocycles. The summed E-state index contributed by atoms with van der Waals surface area (Å²) in [5, 5.41) is 13.0. The lowest BCUT2D eigenvalue weighted by molar-refractivity contribution is 0.102. The van der Waals surface area contributed by atoms with Crippen molar-refractivity contribution in [3.05, 3.63) is 108 Å². The number of aromatic hydroxyl groups is 1. The molecule has 0 fully saturated rings. The third-order valence-corrected chi connectivity index (χ3v) is 5.72. The Morgan fingerprint density at radius 1 is 0.818 bits per heavy atom. The lowest BCUT2D eigenvalue weighted by Crippen LogP contribution is -2.16. The van der Waals surface area contributed by atoms with Gasteiger partial charge >= 0.3 is 0 Å². The van der Waals surface area contributed by atoms with Crippen LogP contribution in [0.15, 0.2) is 97.1 Å².